The lowest BCUT2D eigenvalue weighted by atomic mass is 9.99. The molecule has 5 N–H and O–H groups in total. The number of aliphatic hydroxyl groups is 4. The fourth-order valence-electron chi connectivity index (χ4n) is 2.43. The van der Waals surface area contributed by atoms with Gasteiger partial charge in [0.15, 0.2) is 5.78 Å². The topological polar surface area (TPSA) is 146 Å². The number of ether oxygens (including phenoxy) is 3. The van der Waals surface area contributed by atoms with Gasteiger partial charge < -0.3 is 39.7 Å². The van der Waals surface area contributed by atoms with Gasteiger partial charge in [0.1, 0.15) is 47.2 Å². The molecule has 0 saturated carbocycles. The predicted molar refractivity (Wildman–Crippen MR) is 79.1 cm³/mol. The first-order valence-corrected chi connectivity index (χ1v) is 7.19. The molecule has 0 unspecified atom stereocenters. The molecule has 1 aromatic carbocycles. The summed E-state index contributed by atoms with van der Waals surface area (Å²) in [6, 6.07) is 2.52. The van der Waals surface area contributed by atoms with Crippen molar-refractivity contribution in [3.8, 4) is 17.2 Å². The van der Waals surface area contributed by atoms with Crippen molar-refractivity contribution < 1.29 is 44.5 Å². The summed E-state index contributed by atoms with van der Waals surface area (Å²) in [5.74, 6) is -0.836. The van der Waals surface area contributed by atoms with Crippen molar-refractivity contribution in [3.63, 3.8) is 0 Å². The van der Waals surface area contributed by atoms with E-state index in [1.807, 2.05) is 0 Å². The van der Waals surface area contributed by atoms with Crippen LogP contribution in [0.15, 0.2) is 12.1 Å². The number of Topliss-reactive ketones (excluding diaryl/α,β-unsaturated/α-hetero) is 1. The van der Waals surface area contributed by atoms with E-state index in [2.05, 4.69) is 0 Å². The Labute approximate surface area is 137 Å². The van der Waals surface area contributed by atoms with Crippen molar-refractivity contribution in [1.29, 1.82) is 0 Å². The third kappa shape index (κ3) is 3.45. The molecule has 9 nitrogen and oxygen atoms in total. The quantitative estimate of drug-likeness (QED) is 0.415. The van der Waals surface area contributed by atoms with Gasteiger partial charge in [-0.15, -0.1) is 0 Å². The van der Waals surface area contributed by atoms with Crippen LogP contribution >= 0.6 is 0 Å². The minimum atomic E-state index is -1.64. The second-order valence-electron chi connectivity index (χ2n) is 5.39. The van der Waals surface area contributed by atoms with Gasteiger partial charge >= 0.3 is 0 Å². The van der Waals surface area contributed by atoms with Crippen molar-refractivity contribution in [3.05, 3.63) is 17.7 Å². The molecule has 0 amide bonds. The summed E-state index contributed by atoms with van der Waals surface area (Å²) in [6.45, 7) is 0.593. The molecule has 1 aliphatic rings. The van der Waals surface area contributed by atoms with Gasteiger partial charge in [0.25, 0.3) is 0 Å². The van der Waals surface area contributed by atoms with E-state index < -0.39 is 43.1 Å². The van der Waals surface area contributed by atoms with Crippen molar-refractivity contribution in [2.75, 3.05) is 13.7 Å². The minimum absolute atomic E-state index is 0.135. The minimum Gasteiger partial charge on any atom is -0.507 e. The monoisotopic (exact) mass is 344 g/mol. The van der Waals surface area contributed by atoms with Crippen LogP contribution < -0.4 is 9.47 Å². The first-order chi connectivity index (χ1) is 11.3. The van der Waals surface area contributed by atoms with Crippen molar-refractivity contribution >= 4 is 5.78 Å². The maximum atomic E-state index is 11.7. The molecule has 0 bridgehead atoms. The van der Waals surface area contributed by atoms with Gasteiger partial charge in [0.05, 0.1) is 13.7 Å². The number of hydrogen-bond donors (Lipinski definition) is 5. The lowest BCUT2D eigenvalue weighted by Gasteiger charge is -2.39. The van der Waals surface area contributed by atoms with E-state index in [9.17, 15) is 30.3 Å². The Bertz CT molecular complexity index is 601. The average Bonchev–Trinajstić information content (AvgIpc) is 2.54. The number of benzene rings is 1. The lowest BCUT2D eigenvalue weighted by molar-refractivity contribution is -0.277. The van der Waals surface area contributed by atoms with E-state index in [1.54, 1.807) is 0 Å². The second kappa shape index (κ2) is 7.32. The number of rotatable bonds is 5. The van der Waals surface area contributed by atoms with Crippen molar-refractivity contribution in [2.24, 2.45) is 0 Å². The summed E-state index contributed by atoms with van der Waals surface area (Å²) in [5, 5.41) is 48.6. The molecular weight excluding hydrogens is 324 g/mol. The number of carbonyl (C=O) groups excluding carboxylic acids is 1. The van der Waals surface area contributed by atoms with E-state index in [1.165, 1.54) is 26.2 Å². The molecule has 1 aromatic rings. The van der Waals surface area contributed by atoms with Crippen LogP contribution in [0.1, 0.15) is 17.3 Å². The highest BCUT2D eigenvalue weighted by molar-refractivity contribution is 5.99. The van der Waals surface area contributed by atoms with Gasteiger partial charge in [-0.3, -0.25) is 4.79 Å². The number of aliphatic hydroxyl groups excluding tert-OH is 4. The summed E-state index contributed by atoms with van der Waals surface area (Å²) >= 11 is 0. The first kappa shape index (κ1) is 18.4. The van der Waals surface area contributed by atoms with Crippen LogP contribution in [-0.4, -0.2) is 75.7 Å². The number of aromatic hydroxyl groups is 1. The highest BCUT2D eigenvalue weighted by Gasteiger charge is 2.45. The maximum absolute atomic E-state index is 11.7. The Hall–Kier alpha value is -1.91. The van der Waals surface area contributed by atoms with Crippen LogP contribution in [0.2, 0.25) is 0 Å². The maximum Gasteiger partial charge on any atom is 0.229 e. The molecule has 1 heterocycles. The summed E-state index contributed by atoms with van der Waals surface area (Å²) < 4.78 is 15.6. The molecular formula is C15H20O9. The molecule has 0 radical (unpaired) electrons. The van der Waals surface area contributed by atoms with Crippen molar-refractivity contribution in [1.82, 2.24) is 0 Å². The second-order valence-corrected chi connectivity index (χ2v) is 5.39. The highest BCUT2D eigenvalue weighted by Crippen LogP contribution is 2.35. The van der Waals surface area contributed by atoms with E-state index in [-0.39, 0.29) is 22.8 Å². The Kier molecular flexibility index (Phi) is 5.62. The fraction of sp³-hybridized carbons (Fsp3) is 0.533. The zero-order chi connectivity index (χ0) is 18.0. The third-order valence-electron chi connectivity index (χ3n) is 3.73. The third-order valence-corrected chi connectivity index (χ3v) is 3.73. The van der Waals surface area contributed by atoms with Crippen LogP contribution in [0, 0.1) is 0 Å². The van der Waals surface area contributed by atoms with Crippen molar-refractivity contribution in [2.45, 2.75) is 37.6 Å². The number of hydrogen-bond acceptors (Lipinski definition) is 9. The Balaban J connectivity index is 2.35. The van der Waals surface area contributed by atoms with E-state index in [0.29, 0.717) is 0 Å². The van der Waals surface area contributed by atoms with Gasteiger partial charge in [0.2, 0.25) is 6.29 Å². The molecule has 1 aliphatic heterocycles. The van der Waals surface area contributed by atoms with Gasteiger partial charge in [-0.25, -0.2) is 0 Å². The van der Waals surface area contributed by atoms with E-state index >= 15 is 0 Å². The Morgan fingerprint density at radius 2 is 1.88 bits per heavy atom. The summed E-state index contributed by atoms with van der Waals surface area (Å²) in [5.41, 5.74) is -0.159. The van der Waals surface area contributed by atoms with E-state index in [0.717, 1.165) is 0 Å². The predicted octanol–water partition coefficient (Wildman–Crippen LogP) is -1.22. The van der Waals surface area contributed by atoms with Crippen LogP contribution in [0.5, 0.6) is 17.2 Å². The largest absolute Gasteiger partial charge is 0.507 e. The Morgan fingerprint density at radius 3 is 2.42 bits per heavy atom. The van der Waals surface area contributed by atoms with Crippen LogP contribution in [0.25, 0.3) is 0 Å². The normalized spacial score (nSPS) is 30.0. The summed E-state index contributed by atoms with van der Waals surface area (Å²) in [6.07, 6.45) is -7.44. The van der Waals surface area contributed by atoms with Crippen LogP contribution in [0.3, 0.4) is 0 Å². The number of phenols is 1. The van der Waals surface area contributed by atoms with E-state index in [4.69, 9.17) is 14.2 Å². The smallest absolute Gasteiger partial charge is 0.229 e. The first-order valence-electron chi connectivity index (χ1n) is 7.19. The van der Waals surface area contributed by atoms with Crippen LogP contribution in [-0.2, 0) is 4.74 Å². The molecule has 0 spiro atoms. The zero-order valence-electron chi connectivity index (χ0n) is 13.1. The zero-order valence-corrected chi connectivity index (χ0v) is 13.1. The SMILES string of the molecule is COc1cc(O)c(C(C)=O)c(O[C@@H]2O[C@H](CO)[C@@H](O)[C@H](O)[C@H]2O)c1. The number of ketones is 1. The molecule has 5 atom stereocenters. The number of phenolic OH excluding ortho intramolecular Hbond substituents is 1. The molecule has 1 fully saturated rings. The molecule has 0 aromatic heterocycles. The molecule has 134 valence electrons. The molecule has 1 saturated heterocycles. The molecule has 2 rings (SSSR count). The number of carbonyl (C=O) groups is 1. The Morgan fingerprint density at radius 1 is 1.21 bits per heavy atom. The van der Waals surface area contributed by atoms with Gasteiger partial charge in [0, 0.05) is 12.1 Å². The lowest BCUT2D eigenvalue weighted by Crippen LogP contribution is -2.60. The standard InChI is InChI=1S/C15H20O9/c1-6(17)11-8(18)3-7(22-2)4-9(11)23-15-14(21)13(20)12(19)10(5-16)24-15/h3-4,10,12-16,18-21H,5H2,1-2H3/t10-,12-,13+,14-,15-/m1/s1. The molecule has 9 heteroatoms. The molecule has 24 heavy (non-hydrogen) atoms. The molecule has 0 aliphatic carbocycles. The van der Waals surface area contributed by atoms with Gasteiger partial charge in [-0.2, -0.15) is 0 Å². The summed E-state index contributed by atoms with van der Waals surface area (Å²) in [4.78, 5) is 11.7. The number of methoxy groups -OCH3 is 1. The fourth-order valence-corrected chi connectivity index (χ4v) is 2.43. The highest BCUT2D eigenvalue weighted by atomic mass is 16.7. The van der Waals surface area contributed by atoms with Gasteiger partial charge in [-0.1, -0.05) is 0 Å². The average molecular weight is 344 g/mol. The van der Waals surface area contributed by atoms with Crippen LogP contribution in [0.4, 0.5) is 0 Å². The van der Waals surface area contributed by atoms with Gasteiger partial charge in [-0.05, 0) is 6.92 Å². The summed E-state index contributed by atoms with van der Waals surface area (Å²) in [7, 11) is 1.35.